The van der Waals surface area contributed by atoms with Crippen LogP contribution in [-0.2, 0) is 4.79 Å². The molecule has 0 radical (unpaired) electrons. The summed E-state index contributed by atoms with van der Waals surface area (Å²) in [7, 11) is 0. The molecule has 0 aliphatic heterocycles. The lowest BCUT2D eigenvalue weighted by atomic mass is 10.2. The summed E-state index contributed by atoms with van der Waals surface area (Å²) in [5.41, 5.74) is 4.84. The van der Waals surface area contributed by atoms with Crippen LogP contribution in [-0.4, -0.2) is 18.4 Å². The van der Waals surface area contributed by atoms with Gasteiger partial charge in [0, 0.05) is 10.6 Å². The number of benzene rings is 2. The minimum Gasteiger partial charge on any atom is -0.482 e. The van der Waals surface area contributed by atoms with Gasteiger partial charge >= 0.3 is 0 Å². The van der Waals surface area contributed by atoms with E-state index in [2.05, 4.69) is 10.9 Å². The van der Waals surface area contributed by atoms with Gasteiger partial charge in [-0.1, -0.05) is 41.4 Å². The van der Waals surface area contributed by atoms with E-state index in [0.717, 1.165) is 0 Å². The van der Waals surface area contributed by atoms with Gasteiger partial charge in [0.15, 0.2) is 6.61 Å². The highest BCUT2D eigenvalue weighted by Crippen LogP contribution is 2.22. The van der Waals surface area contributed by atoms with Gasteiger partial charge in [0.1, 0.15) is 5.75 Å². The van der Waals surface area contributed by atoms with E-state index >= 15 is 0 Å². The number of para-hydroxylation sites is 1. The molecule has 0 aliphatic carbocycles. The molecule has 0 bridgehead atoms. The van der Waals surface area contributed by atoms with Gasteiger partial charge < -0.3 is 4.74 Å². The van der Waals surface area contributed by atoms with Crippen molar-refractivity contribution in [1.82, 2.24) is 10.9 Å². The van der Waals surface area contributed by atoms with Crippen molar-refractivity contribution in [1.29, 1.82) is 0 Å². The number of carbonyl (C=O) groups excluding carboxylic acids is 2. The second kappa shape index (κ2) is 7.68. The minimum atomic E-state index is -0.518. The lowest BCUT2D eigenvalue weighted by Gasteiger charge is -2.09. The molecule has 5 nitrogen and oxygen atoms in total. The molecule has 0 spiro atoms. The van der Waals surface area contributed by atoms with Crippen LogP contribution in [0.1, 0.15) is 10.4 Å². The predicted octanol–water partition coefficient (Wildman–Crippen LogP) is 2.83. The van der Waals surface area contributed by atoms with E-state index in [4.69, 9.17) is 27.9 Å². The van der Waals surface area contributed by atoms with Crippen LogP contribution in [0.3, 0.4) is 0 Å². The van der Waals surface area contributed by atoms with E-state index in [1.54, 1.807) is 42.5 Å². The largest absolute Gasteiger partial charge is 0.482 e. The monoisotopic (exact) mass is 338 g/mol. The molecular weight excluding hydrogens is 327 g/mol. The molecule has 2 rings (SSSR count). The van der Waals surface area contributed by atoms with Crippen LogP contribution in [0.4, 0.5) is 0 Å². The van der Waals surface area contributed by atoms with Gasteiger partial charge in [-0.05, 0) is 30.3 Å². The fraction of sp³-hybridized carbons (Fsp3) is 0.0667. The Labute approximate surface area is 137 Å². The number of hydrazine groups is 1. The van der Waals surface area contributed by atoms with Crippen LogP contribution in [0.25, 0.3) is 0 Å². The van der Waals surface area contributed by atoms with E-state index < -0.39 is 11.8 Å². The van der Waals surface area contributed by atoms with E-state index in [0.29, 0.717) is 21.4 Å². The number of nitrogens with one attached hydrogen (secondary N) is 2. The molecule has 7 heteroatoms. The Morgan fingerprint density at radius 1 is 1.00 bits per heavy atom. The molecule has 0 atom stereocenters. The molecule has 2 aromatic carbocycles. The molecular formula is C15H12Cl2N2O3. The third-order valence-electron chi connectivity index (χ3n) is 2.60. The molecule has 2 amide bonds. The summed E-state index contributed by atoms with van der Waals surface area (Å²) in [6, 6.07) is 13.1. The van der Waals surface area contributed by atoms with Crippen molar-refractivity contribution in [2.45, 2.75) is 0 Å². The fourth-order valence-electron chi connectivity index (χ4n) is 1.57. The van der Waals surface area contributed by atoms with Crippen LogP contribution in [0, 0.1) is 0 Å². The van der Waals surface area contributed by atoms with Gasteiger partial charge in [-0.15, -0.1) is 0 Å². The highest BCUT2D eigenvalue weighted by molar-refractivity contribution is 6.32. The summed E-state index contributed by atoms with van der Waals surface area (Å²) in [4.78, 5) is 23.4. The van der Waals surface area contributed by atoms with Crippen LogP contribution >= 0.6 is 23.2 Å². The summed E-state index contributed by atoms with van der Waals surface area (Å²) < 4.78 is 5.24. The first-order valence-electron chi connectivity index (χ1n) is 6.28. The highest BCUT2D eigenvalue weighted by atomic mass is 35.5. The second-order valence-corrected chi connectivity index (χ2v) is 5.08. The van der Waals surface area contributed by atoms with Crippen LogP contribution in [0.2, 0.25) is 10.0 Å². The number of ether oxygens (including phenoxy) is 1. The third kappa shape index (κ3) is 4.65. The lowest BCUT2D eigenvalue weighted by Crippen LogP contribution is -2.43. The molecule has 0 heterocycles. The number of rotatable bonds is 4. The lowest BCUT2D eigenvalue weighted by molar-refractivity contribution is -0.123. The van der Waals surface area contributed by atoms with Crippen molar-refractivity contribution < 1.29 is 14.3 Å². The van der Waals surface area contributed by atoms with E-state index in [1.807, 2.05) is 0 Å². The van der Waals surface area contributed by atoms with Crippen molar-refractivity contribution in [3.63, 3.8) is 0 Å². The van der Waals surface area contributed by atoms with Crippen molar-refractivity contribution >= 4 is 35.0 Å². The molecule has 2 N–H and O–H groups in total. The van der Waals surface area contributed by atoms with Gasteiger partial charge in [-0.25, -0.2) is 0 Å². The SMILES string of the molecule is O=C(COc1ccccc1Cl)NNC(=O)c1cccc(Cl)c1. The van der Waals surface area contributed by atoms with Gasteiger partial charge in [-0.3, -0.25) is 20.4 Å². The van der Waals surface area contributed by atoms with Gasteiger partial charge in [0.25, 0.3) is 11.8 Å². The van der Waals surface area contributed by atoms with Gasteiger partial charge in [-0.2, -0.15) is 0 Å². The molecule has 0 fully saturated rings. The summed E-state index contributed by atoms with van der Waals surface area (Å²) in [5, 5.41) is 0.833. The number of halogens is 2. The molecule has 0 unspecified atom stereocenters. The fourth-order valence-corrected chi connectivity index (χ4v) is 1.95. The average molecular weight is 339 g/mol. The zero-order chi connectivity index (χ0) is 15.9. The number of amides is 2. The Morgan fingerprint density at radius 3 is 2.50 bits per heavy atom. The Kier molecular flexibility index (Phi) is 5.63. The number of carbonyl (C=O) groups is 2. The van der Waals surface area contributed by atoms with Crippen molar-refractivity contribution in [2.75, 3.05) is 6.61 Å². The van der Waals surface area contributed by atoms with Crippen LogP contribution < -0.4 is 15.6 Å². The number of hydrogen-bond acceptors (Lipinski definition) is 3. The van der Waals surface area contributed by atoms with Gasteiger partial charge in [0.05, 0.1) is 5.02 Å². The smallest absolute Gasteiger partial charge is 0.276 e. The molecule has 0 saturated heterocycles. The third-order valence-corrected chi connectivity index (χ3v) is 3.15. The first-order valence-corrected chi connectivity index (χ1v) is 7.04. The number of hydrogen-bond donors (Lipinski definition) is 2. The molecule has 0 saturated carbocycles. The highest BCUT2D eigenvalue weighted by Gasteiger charge is 2.09. The maximum Gasteiger partial charge on any atom is 0.276 e. The first-order chi connectivity index (χ1) is 10.6. The first kappa shape index (κ1) is 16.1. The van der Waals surface area contributed by atoms with Crippen LogP contribution in [0.15, 0.2) is 48.5 Å². The molecule has 22 heavy (non-hydrogen) atoms. The van der Waals surface area contributed by atoms with Crippen molar-refractivity contribution in [3.05, 3.63) is 64.1 Å². The average Bonchev–Trinajstić information content (AvgIpc) is 2.52. The standard InChI is InChI=1S/C15H12Cl2N2O3/c16-11-5-3-4-10(8-11)15(21)19-18-14(20)9-22-13-7-2-1-6-12(13)17/h1-8H,9H2,(H,18,20)(H,19,21). The zero-order valence-corrected chi connectivity index (χ0v) is 12.8. The minimum absolute atomic E-state index is 0.278. The Balaban J connectivity index is 1.81. The zero-order valence-electron chi connectivity index (χ0n) is 11.3. The molecule has 114 valence electrons. The Bertz CT molecular complexity index is 692. The van der Waals surface area contributed by atoms with Crippen molar-refractivity contribution in [3.8, 4) is 5.75 Å². The molecule has 0 aliphatic rings. The van der Waals surface area contributed by atoms with Crippen LogP contribution in [0.5, 0.6) is 5.75 Å². The maximum atomic E-state index is 11.8. The van der Waals surface area contributed by atoms with E-state index in [1.165, 1.54) is 6.07 Å². The summed E-state index contributed by atoms with van der Waals surface area (Å²) >= 11 is 11.7. The second-order valence-electron chi connectivity index (χ2n) is 4.23. The normalized spacial score (nSPS) is 9.91. The Morgan fingerprint density at radius 2 is 1.77 bits per heavy atom. The predicted molar refractivity (Wildman–Crippen MR) is 84.0 cm³/mol. The molecule has 0 aromatic heterocycles. The Hall–Kier alpha value is -2.24. The maximum absolute atomic E-state index is 11.8. The summed E-state index contributed by atoms with van der Waals surface area (Å²) in [5.74, 6) is -0.607. The molecule has 2 aromatic rings. The van der Waals surface area contributed by atoms with Gasteiger partial charge in [0.2, 0.25) is 0 Å². The quantitative estimate of drug-likeness (QED) is 0.842. The summed E-state index contributed by atoms with van der Waals surface area (Å²) in [6.07, 6.45) is 0. The van der Waals surface area contributed by atoms with E-state index in [-0.39, 0.29) is 6.61 Å². The topological polar surface area (TPSA) is 67.4 Å². The van der Waals surface area contributed by atoms with E-state index in [9.17, 15) is 9.59 Å². The summed E-state index contributed by atoms with van der Waals surface area (Å²) in [6.45, 7) is -0.278. The van der Waals surface area contributed by atoms with Crippen molar-refractivity contribution in [2.24, 2.45) is 0 Å².